The molecule has 5 nitrogen and oxygen atoms in total. The van der Waals surface area contributed by atoms with Crippen LogP contribution < -0.4 is 5.32 Å². The summed E-state index contributed by atoms with van der Waals surface area (Å²) in [6.45, 7) is 0.494. The first-order valence-corrected chi connectivity index (χ1v) is 7.18. The van der Waals surface area contributed by atoms with Gasteiger partial charge in [0.15, 0.2) is 0 Å². The van der Waals surface area contributed by atoms with Crippen LogP contribution in [-0.2, 0) is 20.7 Å². The SMILES string of the molecule is COCCCC(NC(=O)CCCc1ccccc1)C(=O)O. The summed E-state index contributed by atoms with van der Waals surface area (Å²) in [5, 5.41) is 11.6. The Balaban J connectivity index is 2.28. The third kappa shape index (κ3) is 7.46. The van der Waals surface area contributed by atoms with Gasteiger partial charge in [-0.1, -0.05) is 30.3 Å². The van der Waals surface area contributed by atoms with Gasteiger partial charge in [0.25, 0.3) is 0 Å². The van der Waals surface area contributed by atoms with E-state index in [9.17, 15) is 9.59 Å². The second-order valence-corrected chi connectivity index (χ2v) is 4.93. The molecule has 1 unspecified atom stereocenters. The number of aryl methyl sites for hydroxylation is 1. The Kier molecular flexibility index (Phi) is 8.12. The van der Waals surface area contributed by atoms with Gasteiger partial charge in [0, 0.05) is 20.1 Å². The Labute approximate surface area is 125 Å². The van der Waals surface area contributed by atoms with Crippen LogP contribution in [0.15, 0.2) is 30.3 Å². The van der Waals surface area contributed by atoms with Gasteiger partial charge >= 0.3 is 5.97 Å². The molecule has 0 aliphatic rings. The normalized spacial score (nSPS) is 11.9. The molecule has 1 aromatic rings. The molecule has 0 spiro atoms. The summed E-state index contributed by atoms with van der Waals surface area (Å²) in [5.41, 5.74) is 1.18. The van der Waals surface area contributed by atoms with Crippen LogP contribution in [0.5, 0.6) is 0 Å². The van der Waals surface area contributed by atoms with Crippen molar-refractivity contribution in [3.63, 3.8) is 0 Å². The van der Waals surface area contributed by atoms with Crippen LogP contribution in [-0.4, -0.2) is 36.7 Å². The minimum Gasteiger partial charge on any atom is -0.480 e. The van der Waals surface area contributed by atoms with E-state index in [0.29, 0.717) is 32.3 Å². The lowest BCUT2D eigenvalue weighted by Crippen LogP contribution is -2.40. The van der Waals surface area contributed by atoms with Gasteiger partial charge in [-0.05, 0) is 31.2 Å². The molecule has 1 atom stereocenters. The van der Waals surface area contributed by atoms with E-state index in [1.54, 1.807) is 7.11 Å². The number of ether oxygens (including phenoxy) is 1. The highest BCUT2D eigenvalue weighted by atomic mass is 16.5. The molecule has 1 aromatic carbocycles. The van der Waals surface area contributed by atoms with Crippen molar-refractivity contribution in [3.05, 3.63) is 35.9 Å². The first kappa shape index (κ1) is 17.2. The van der Waals surface area contributed by atoms with Crippen molar-refractivity contribution in [2.24, 2.45) is 0 Å². The maximum Gasteiger partial charge on any atom is 0.326 e. The van der Waals surface area contributed by atoms with Gasteiger partial charge < -0.3 is 15.2 Å². The zero-order valence-corrected chi connectivity index (χ0v) is 12.4. The Hall–Kier alpha value is -1.88. The predicted octanol–water partition coefficient (Wildman–Crippen LogP) is 2.01. The third-order valence-corrected chi connectivity index (χ3v) is 3.19. The number of carbonyl (C=O) groups is 2. The zero-order chi connectivity index (χ0) is 15.5. The van der Waals surface area contributed by atoms with Crippen molar-refractivity contribution in [2.75, 3.05) is 13.7 Å². The molecule has 1 rings (SSSR count). The number of carboxylic acid groups (broad SMARTS) is 1. The second-order valence-electron chi connectivity index (χ2n) is 4.93. The van der Waals surface area contributed by atoms with Gasteiger partial charge in [0.05, 0.1) is 0 Å². The zero-order valence-electron chi connectivity index (χ0n) is 12.4. The molecule has 0 bridgehead atoms. The van der Waals surface area contributed by atoms with Crippen molar-refractivity contribution >= 4 is 11.9 Å². The number of amides is 1. The average molecular weight is 293 g/mol. The van der Waals surface area contributed by atoms with Gasteiger partial charge in [-0.25, -0.2) is 4.79 Å². The molecule has 5 heteroatoms. The number of aliphatic carboxylic acids is 1. The summed E-state index contributed by atoms with van der Waals surface area (Å²) in [5.74, 6) is -1.21. The van der Waals surface area contributed by atoms with E-state index in [-0.39, 0.29) is 5.91 Å². The first-order chi connectivity index (χ1) is 10.1. The van der Waals surface area contributed by atoms with Crippen molar-refractivity contribution in [1.82, 2.24) is 5.32 Å². The summed E-state index contributed by atoms with van der Waals surface area (Å²) in [6, 6.07) is 9.08. The maximum atomic E-state index is 11.8. The lowest BCUT2D eigenvalue weighted by Gasteiger charge is -2.14. The molecular formula is C16H23NO4. The summed E-state index contributed by atoms with van der Waals surface area (Å²) >= 11 is 0. The Morgan fingerprint density at radius 1 is 1.24 bits per heavy atom. The number of benzene rings is 1. The molecule has 0 aliphatic heterocycles. The summed E-state index contributed by atoms with van der Waals surface area (Å²) in [4.78, 5) is 22.8. The van der Waals surface area contributed by atoms with E-state index in [1.807, 2.05) is 30.3 Å². The van der Waals surface area contributed by atoms with Gasteiger partial charge in [0.1, 0.15) is 6.04 Å². The fourth-order valence-electron chi connectivity index (χ4n) is 2.05. The van der Waals surface area contributed by atoms with Crippen LogP contribution in [0.3, 0.4) is 0 Å². The second kappa shape index (κ2) is 9.94. The lowest BCUT2D eigenvalue weighted by atomic mass is 10.1. The molecule has 0 radical (unpaired) electrons. The van der Waals surface area contributed by atoms with Crippen molar-refractivity contribution in [3.8, 4) is 0 Å². The molecule has 0 saturated carbocycles. The van der Waals surface area contributed by atoms with E-state index in [2.05, 4.69) is 5.32 Å². The lowest BCUT2D eigenvalue weighted by molar-refractivity contribution is -0.142. The quantitative estimate of drug-likeness (QED) is 0.647. The number of methoxy groups -OCH3 is 1. The van der Waals surface area contributed by atoms with Crippen LogP contribution in [0.2, 0.25) is 0 Å². The number of nitrogens with one attached hydrogen (secondary N) is 1. The Bertz CT molecular complexity index is 433. The maximum absolute atomic E-state index is 11.8. The Morgan fingerprint density at radius 3 is 2.57 bits per heavy atom. The highest BCUT2D eigenvalue weighted by molar-refractivity contribution is 5.83. The van der Waals surface area contributed by atoms with Crippen LogP contribution in [0, 0.1) is 0 Å². The highest BCUT2D eigenvalue weighted by Gasteiger charge is 2.18. The number of rotatable bonds is 10. The van der Waals surface area contributed by atoms with E-state index in [0.717, 1.165) is 6.42 Å². The largest absolute Gasteiger partial charge is 0.480 e. The number of carbonyl (C=O) groups excluding carboxylic acids is 1. The summed E-state index contributed by atoms with van der Waals surface area (Å²) in [7, 11) is 1.57. The third-order valence-electron chi connectivity index (χ3n) is 3.19. The molecular weight excluding hydrogens is 270 g/mol. The van der Waals surface area contributed by atoms with Crippen molar-refractivity contribution < 1.29 is 19.4 Å². The summed E-state index contributed by atoms with van der Waals surface area (Å²) < 4.78 is 4.89. The molecule has 0 saturated heterocycles. The summed E-state index contributed by atoms with van der Waals surface area (Å²) in [6.07, 6.45) is 2.85. The highest BCUT2D eigenvalue weighted by Crippen LogP contribution is 2.05. The standard InChI is InChI=1S/C16H23NO4/c1-21-12-6-10-14(16(19)20)17-15(18)11-5-9-13-7-3-2-4-8-13/h2-4,7-8,14H,5-6,9-12H2,1H3,(H,17,18)(H,19,20). The smallest absolute Gasteiger partial charge is 0.326 e. The first-order valence-electron chi connectivity index (χ1n) is 7.18. The molecule has 21 heavy (non-hydrogen) atoms. The van der Waals surface area contributed by atoms with E-state index >= 15 is 0 Å². The van der Waals surface area contributed by atoms with Crippen molar-refractivity contribution in [2.45, 2.75) is 38.1 Å². The van der Waals surface area contributed by atoms with Crippen molar-refractivity contribution in [1.29, 1.82) is 0 Å². The van der Waals surface area contributed by atoms with Gasteiger partial charge in [0.2, 0.25) is 5.91 Å². The number of hydrogen-bond acceptors (Lipinski definition) is 3. The molecule has 2 N–H and O–H groups in total. The monoisotopic (exact) mass is 293 g/mol. The Morgan fingerprint density at radius 2 is 1.95 bits per heavy atom. The van der Waals surface area contributed by atoms with E-state index < -0.39 is 12.0 Å². The van der Waals surface area contributed by atoms with E-state index in [1.165, 1.54) is 5.56 Å². The van der Waals surface area contributed by atoms with Gasteiger partial charge in [-0.2, -0.15) is 0 Å². The minimum absolute atomic E-state index is 0.212. The van der Waals surface area contributed by atoms with Crippen LogP contribution in [0.1, 0.15) is 31.2 Å². The molecule has 116 valence electrons. The molecule has 0 aliphatic carbocycles. The average Bonchev–Trinajstić information content (AvgIpc) is 2.47. The van der Waals surface area contributed by atoms with Gasteiger partial charge in [-0.15, -0.1) is 0 Å². The minimum atomic E-state index is -0.998. The molecule has 0 heterocycles. The number of carboxylic acids is 1. The van der Waals surface area contributed by atoms with Crippen LogP contribution in [0.4, 0.5) is 0 Å². The fraction of sp³-hybridized carbons (Fsp3) is 0.500. The van der Waals surface area contributed by atoms with Gasteiger partial charge in [-0.3, -0.25) is 4.79 Å². The van der Waals surface area contributed by atoms with Crippen LogP contribution in [0.25, 0.3) is 0 Å². The van der Waals surface area contributed by atoms with Crippen LogP contribution >= 0.6 is 0 Å². The fourth-order valence-corrected chi connectivity index (χ4v) is 2.05. The molecule has 0 fully saturated rings. The van der Waals surface area contributed by atoms with E-state index in [4.69, 9.17) is 9.84 Å². The predicted molar refractivity (Wildman–Crippen MR) is 80.1 cm³/mol. The number of hydrogen-bond donors (Lipinski definition) is 2. The molecule has 0 aromatic heterocycles. The molecule has 1 amide bonds. The topological polar surface area (TPSA) is 75.6 Å².